The maximum absolute atomic E-state index is 12.1. The van der Waals surface area contributed by atoms with E-state index in [0.29, 0.717) is 6.54 Å². The van der Waals surface area contributed by atoms with Crippen molar-refractivity contribution < 1.29 is 4.79 Å². The highest BCUT2D eigenvalue weighted by atomic mass is 35.5. The summed E-state index contributed by atoms with van der Waals surface area (Å²) in [6.07, 6.45) is 0.971. The fourth-order valence-electron chi connectivity index (χ4n) is 2.88. The van der Waals surface area contributed by atoms with Crippen molar-refractivity contribution >= 4 is 43.1 Å². The molecule has 0 aromatic heterocycles. The third-order valence-electron chi connectivity index (χ3n) is 4.58. The second-order valence-electron chi connectivity index (χ2n) is 6.31. The summed E-state index contributed by atoms with van der Waals surface area (Å²) in [5.41, 5.74) is 8.05. The summed E-state index contributed by atoms with van der Waals surface area (Å²) < 4.78 is 0. The average molecular weight is 428 g/mol. The monoisotopic (exact) mass is 426 g/mol. The van der Waals surface area contributed by atoms with Crippen LogP contribution in [0.4, 0.5) is 0 Å². The Balaban J connectivity index is 0. The number of carbonyl (C=O) groups is 1. The summed E-state index contributed by atoms with van der Waals surface area (Å²) in [5, 5.41) is 2.95. The van der Waals surface area contributed by atoms with Crippen LogP contribution < -0.4 is 11.1 Å². The third-order valence-corrected chi connectivity index (χ3v) is 4.58. The van der Waals surface area contributed by atoms with Crippen LogP contribution in [0.1, 0.15) is 30.5 Å². The number of rotatable bonds is 7. The SMILES string of the molecule is CCN1CCN(CCCNC(=O)C(N)c2ccc(C)cc2)CC1.Cl.Cl.Cl. The Kier molecular flexibility index (Phi) is 15.4. The summed E-state index contributed by atoms with van der Waals surface area (Å²) in [6.45, 7) is 11.7. The summed E-state index contributed by atoms with van der Waals surface area (Å²) in [7, 11) is 0. The van der Waals surface area contributed by atoms with Gasteiger partial charge in [0.05, 0.1) is 0 Å². The molecule has 1 fully saturated rings. The van der Waals surface area contributed by atoms with Crippen molar-refractivity contribution in [3.05, 3.63) is 35.4 Å². The quantitative estimate of drug-likeness (QED) is 0.656. The van der Waals surface area contributed by atoms with E-state index in [9.17, 15) is 4.79 Å². The van der Waals surface area contributed by atoms with Gasteiger partial charge in [0.1, 0.15) is 6.04 Å². The lowest BCUT2D eigenvalue weighted by atomic mass is 10.1. The Morgan fingerprint density at radius 1 is 1.08 bits per heavy atom. The van der Waals surface area contributed by atoms with Crippen molar-refractivity contribution in [1.29, 1.82) is 0 Å². The fraction of sp³-hybridized carbons (Fsp3) is 0.611. The second kappa shape index (κ2) is 14.5. The van der Waals surface area contributed by atoms with Gasteiger partial charge < -0.3 is 20.9 Å². The lowest BCUT2D eigenvalue weighted by Gasteiger charge is -2.34. The second-order valence-corrected chi connectivity index (χ2v) is 6.31. The molecule has 3 N–H and O–H groups in total. The van der Waals surface area contributed by atoms with Crippen LogP contribution >= 0.6 is 37.2 Å². The first-order valence-corrected chi connectivity index (χ1v) is 8.64. The number of likely N-dealkylation sites (N-methyl/N-ethyl adjacent to an activating group) is 1. The zero-order chi connectivity index (χ0) is 16.7. The maximum atomic E-state index is 12.1. The highest BCUT2D eigenvalue weighted by molar-refractivity contribution is 5.86. The van der Waals surface area contributed by atoms with Gasteiger partial charge in [0.25, 0.3) is 0 Å². The fourth-order valence-corrected chi connectivity index (χ4v) is 2.88. The number of hydrogen-bond donors (Lipinski definition) is 2. The first kappa shape index (κ1) is 27.7. The molecule has 1 aromatic rings. The molecule has 8 heteroatoms. The van der Waals surface area contributed by atoms with E-state index in [1.165, 1.54) is 5.56 Å². The molecule has 1 atom stereocenters. The number of aryl methyl sites for hydroxylation is 1. The predicted molar refractivity (Wildman–Crippen MR) is 116 cm³/mol. The van der Waals surface area contributed by atoms with E-state index in [-0.39, 0.29) is 43.1 Å². The number of nitrogens with one attached hydrogen (secondary N) is 1. The van der Waals surface area contributed by atoms with Crippen LogP contribution in [0, 0.1) is 6.92 Å². The Labute approximate surface area is 176 Å². The maximum Gasteiger partial charge on any atom is 0.241 e. The van der Waals surface area contributed by atoms with Gasteiger partial charge in [-0.3, -0.25) is 4.79 Å². The van der Waals surface area contributed by atoms with Crippen LogP contribution in [-0.4, -0.2) is 61.5 Å². The van der Waals surface area contributed by atoms with Crippen molar-refractivity contribution in [2.75, 3.05) is 45.8 Å². The molecule has 1 aliphatic rings. The minimum absolute atomic E-state index is 0. The average Bonchev–Trinajstić information content (AvgIpc) is 2.59. The van der Waals surface area contributed by atoms with Crippen LogP contribution in [0.15, 0.2) is 24.3 Å². The van der Waals surface area contributed by atoms with Crippen LogP contribution in [0.3, 0.4) is 0 Å². The van der Waals surface area contributed by atoms with Crippen molar-refractivity contribution in [2.45, 2.75) is 26.3 Å². The first-order chi connectivity index (χ1) is 11.1. The minimum atomic E-state index is -0.580. The van der Waals surface area contributed by atoms with E-state index in [1.807, 2.05) is 31.2 Å². The largest absolute Gasteiger partial charge is 0.354 e. The molecule has 0 radical (unpaired) electrons. The normalized spacial score (nSPS) is 15.8. The van der Waals surface area contributed by atoms with Gasteiger partial charge in [-0.15, -0.1) is 37.2 Å². The van der Waals surface area contributed by atoms with Gasteiger partial charge in [-0.1, -0.05) is 36.8 Å². The number of piperazine rings is 1. The molecular weight excluding hydrogens is 395 g/mol. The van der Waals surface area contributed by atoms with Crippen molar-refractivity contribution in [3.63, 3.8) is 0 Å². The van der Waals surface area contributed by atoms with Crippen molar-refractivity contribution in [1.82, 2.24) is 15.1 Å². The number of amides is 1. The Morgan fingerprint density at radius 3 is 2.15 bits per heavy atom. The van der Waals surface area contributed by atoms with Crippen LogP contribution in [0.2, 0.25) is 0 Å². The first-order valence-electron chi connectivity index (χ1n) is 8.64. The molecule has 0 aliphatic carbocycles. The van der Waals surface area contributed by atoms with Crippen molar-refractivity contribution in [2.24, 2.45) is 5.73 Å². The molecule has 5 nitrogen and oxygen atoms in total. The number of halogens is 3. The molecule has 0 bridgehead atoms. The number of benzene rings is 1. The molecule has 1 heterocycles. The van der Waals surface area contributed by atoms with E-state index in [2.05, 4.69) is 22.0 Å². The Morgan fingerprint density at radius 2 is 1.62 bits per heavy atom. The molecule has 1 aromatic carbocycles. The highest BCUT2D eigenvalue weighted by Crippen LogP contribution is 2.11. The molecule has 1 unspecified atom stereocenters. The summed E-state index contributed by atoms with van der Waals surface area (Å²) in [6, 6.07) is 7.24. The summed E-state index contributed by atoms with van der Waals surface area (Å²) in [4.78, 5) is 17.0. The Bertz CT molecular complexity index is 494. The summed E-state index contributed by atoms with van der Waals surface area (Å²) >= 11 is 0. The number of nitrogens with zero attached hydrogens (tertiary/aromatic N) is 2. The predicted octanol–water partition coefficient (Wildman–Crippen LogP) is 2.40. The molecule has 26 heavy (non-hydrogen) atoms. The number of hydrogen-bond acceptors (Lipinski definition) is 4. The Hall–Kier alpha value is -0.560. The van der Waals surface area contributed by atoms with Gasteiger partial charge in [-0.25, -0.2) is 0 Å². The zero-order valence-electron chi connectivity index (χ0n) is 15.6. The molecular formula is C18H33Cl3N4O. The standard InChI is InChI=1S/C18H30N4O.3ClH/c1-3-21-11-13-22(14-12-21)10-4-9-20-18(23)17(19)16-7-5-15(2)6-8-16;;;/h5-8,17H,3-4,9-14,19H2,1-2H3,(H,20,23);3*1H. The van der Waals surface area contributed by atoms with Gasteiger partial charge in [0, 0.05) is 32.7 Å². The van der Waals surface area contributed by atoms with E-state index in [4.69, 9.17) is 5.73 Å². The van der Waals surface area contributed by atoms with Gasteiger partial charge in [-0.05, 0) is 32.0 Å². The van der Waals surface area contributed by atoms with E-state index in [0.717, 1.165) is 51.3 Å². The van der Waals surface area contributed by atoms with Gasteiger partial charge >= 0.3 is 0 Å². The molecule has 0 saturated carbocycles. The molecule has 1 saturated heterocycles. The van der Waals surface area contributed by atoms with Crippen LogP contribution in [0.5, 0.6) is 0 Å². The van der Waals surface area contributed by atoms with Crippen LogP contribution in [0.25, 0.3) is 0 Å². The molecule has 152 valence electrons. The topological polar surface area (TPSA) is 61.6 Å². The molecule has 0 spiro atoms. The van der Waals surface area contributed by atoms with E-state index in [1.54, 1.807) is 0 Å². The van der Waals surface area contributed by atoms with Crippen LogP contribution in [-0.2, 0) is 4.79 Å². The molecule has 1 amide bonds. The highest BCUT2D eigenvalue weighted by Gasteiger charge is 2.16. The molecule has 2 rings (SSSR count). The number of carbonyl (C=O) groups excluding carboxylic acids is 1. The number of nitrogens with two attached hydrogens (primary N) is 1. The smallest absolute Gasteiger partial charge is 0.241 e. The lowest BCUT2D eigenvalue weighted by Crippen LogP contribution is -2.46. The summed E-state index contributed by atoms with van der Waals surface area (Å²) in [5.74, 6) is -0.0929. The lowest BCUT2D eigenvalue weighted by molar-refractivity contribution is -0.122. The van der Waals surface area contributed by atoms with E-state index >= 15 is 0 Å². The van der Waals surface area contributed by atoms with Gasteiger partial charge in [-0.2, -0.15) is 0 Å². The molecule has 1 aliphatic heterocycles. The van der Waals surface area contributed by atoms with Gasteiger partial charge in [0.15, 0.2) is 0 Å². The third kappa shape index (κ3) is 8.89. The van der Waals surface area contributed by atoms with Gasteiger partial charge in [0.2, 0.25) is 5.91 Å². The minimum Gasteiger partial charge on any atom is -0.354 e. The van der Waals surface area contributed by atoms with E-state index < -0.39 is 6.04 Å². The van der Waals surface area contributed by atoms with Crippen molar-refractivity contribution in [3.8, 4) is 0 Å². The zero-order valence-corrected chi connectivity index (χ0v) is 18.1.